The van der Waals surface area contributed by atoms with Crippen molar-refractivity contribution < 1.29 is 9.47 Å². The number of hydrogen-bond acceptors (Lipinski definition) is 5. The van der Waals surface area contributed by atoms with Gasteiger partial charge in [-0.05, 0) is 37.3 Å². The summed E-state index contributed by atoms with van der Waals surface area (Å²) in [5.74, 6) is 2.46. The van der Waals surface area contributed by atoms with Gasteiger partial charge >= 0.3 is 0 Å². The average Bonchev–Trinajstić information content (AvgIpc) is 3.51. The van der Waals surface area contributed by atoms with E-state index < -0.39 is 0 Å². The standard InChI is InChI=1S/C23H31N5O2/c1-27(15-19-6-4-5-10-30-19)23-26-25-22(28(23)14-17-9-11-29-16-17)12-18-13-24-21-8-3-2-7-20(18)21/h2-3,7-8,13,17,19,24H,4-6,9-12,14-16H2,1H3. The van der Waals surface area contributed by atoms with Gasteiger partial charge in [-0.3, -0.25) is 4.57 Å². The van der Waals surface area contributed by atoms with Crippen molar-refractivity contribution in [2.75, 3.05) is 38.3 Å². The van der Waals surface area contributed by atoms with E-state index in [1.165, 1.54) is 23.8 Å². The van der Waals surface area contributed by atoms with Gasteiger partial charge in [-0.15, -0.1) is 10.2 Å². The maximum absolute atomic E-state index is 5.96. The smallest absolute Gasteiger partial charge is 0.227 e. The number of ether oxygens (including phenoxy) is 2. The van der Waals surface area contributed by atoms with Crippen molar-refractivity contribution in [2.45, 2.75) is 44.8 Å². The van der Waals surface area contributed by atoms with Gasteiger partial charge in [0.05, 0.1) is 12.7 Å². The van der Waals surface area contributed by atoms with Crippen LogP contribution in [0.15, 0.2) is 30.5 Å². The van der Waals surface area contributed by atoms with Gasteiger partial charge in [0, 0.05) is 62.8 Å². The topological polar surface area (TPSA) is 68.2 Å². The van der Waals surface area contributed by atoms with Crippen molar-refractivity contribution in [1.82, 2.24) is 19.7 Å². The molecule has 4 heterocycles. The number of nitrogens with zero attached hydrogens (tertiary/aromatic N) is 4. The van der Waals surface area contributed by atoms with Crippen LogP contribution in [0.4, 0.5) is 5.95 Å². The van der Waals surface area contributed by atoms with Crippen LogP contribution in [0.3, 0.4) is 0 Å². The summed E-state index contributed by atoms with van der Waals surface area (Å²) in [6.45, 7) is 4.30. The van der Waals surface area contributed by atoms with Crippen molar-refractivity contribution in [3.05, 3.63) is 41.9 Å². The van der Waals surface area contributed by atoms with Gasteiger partial charge in [0.1, 0.15) is 5.82 Å². The highest BCUT2D eigenvalue weighted by Gasteiger charge is 2.25. The molecule has 3 aromatic rings. The lowest BCUT2D eigenvalue weighted by Gasteiger charge is -2.28. The molecular formula is C23H31N5O2. The molecule has 2 unspecified atom stereocenters. The molecule has 160 valence electrons. The van der Waals surface area contributed by atoms with Crippen molar-refractivity contribution >= 4 is 16.9 Å². The van der Waals surface area contributed by atoms with E-state index >= 15 is 0 Å². The average molecular weight is 410 g/mol. The van der Waals surface area contributed by atoms with Crippen LogP contribution in [-0.4, -0.2) is 59.3 Å². The molecule has 0 bridgehead atoms. The third kappa shape index (κ3) is 4.09. The van der Waals surface area contributed by atoms with Gasteiger partial charge in [0.15, 0.2) is 0 Å². The zero-order valence-corrected chi connectivity index (χ0v) is 17.7. The first-order chi connectivity index (χ1) is 14.8. The number of rotatable bonds is 7. The minimum atomic E-state index is 0.279. The maximum atomic E-state index is 5.96. The molecule has 2 aliphatic heterocycles. The summed E-state index contributed by atoms with van der Waals surface area (Å²) in [6.07, 6.45) is 7.78. The number of hydrogen-bond donors (Lipinski definition) is 1. The van der Waals surface area contributed by atoms with E-state index in [1.807, 2.05) is 0 Å². The lowest BCUT2D eigenvalue weighted by molar-refractivity contribution is 0.0213. The van der Waals surface area contributed by atoms with Crippen molar-refractivity contribution in [3.8, 4) is 0 Å². The molecule has 30 heavy (non-hydrogen) atoms. The summed E-state index contributed by atoms with van der Waals surface area (Å²) in [7, 11) is 2.11. The second-order valence-corrected chi connectivity index (χ2v) is 8.66. The lowest BCUT2D eigenvalue weighted by atomic mass is 10.1. The van der Waals surface area contributed by atoms with Gasteiger partial charge in [-0.25, -0.2) is 0 Å². The highest BCUT2D eigenvalue weighted by molar-refractivity contribution is 5.83. The van der Waals surface area contributed by atoms with Gasteiger partial charge in [0.25, 0.3) is 0 Å². The Labute approximate surface area is 177 Å². The number of fused-ring (bicyclic) bond motifs is 1. The Balaban J connectivity index is 1.41. The molecule has 2 aliphatic rings. The second kappa shape index (κ2) is 8.78. The van der Waals surface area contributed by atoms with Gasteiger partial charge in [0.2, 0.25) is 5.95 Å². The Hall–Kier alpha value is -2.38. The van der Waals surface area contributed by atoms with Crippen LogP contribution >= 0.6 is 0 Å². The Morgan fingerprint density at radius 1 is 1.17 bits per heavy atom. The quantitative estimate of drug-likeness (QED) is 0.648. The van der Waals surface area contributed by atoms with E-state index in [0.29, 0.717) is 5.92 Å². The van der Waals surface area contributed by atoms with E-state index in [4.69, 9.17) is 9.47 Å². The van der Waals surface area contributed by atoms with Gasteiger partial charge < -0.3 is 19.4 Å². The van der Waals surface area contributed by atoms with Crippen molar-refractivity contribution in [1.29, 1.82) is 0 Å². The largest absolute Gasteiger partial charge is 0.381 e. The first-order valence-electron chi connectivity index (χ1n) is 11.2. The number of H-pyrrole nitrogens is 1. The summed E-state index contributed by atoms with van der Waals surface area (Å²) in [5, 5.41) is 10.5. The number of likely N-dealkylation sites (N-methyl/N-ethyl adjacent to an activating group) is 1. The summed E-state index contributed by atoms with van der Waals surface area (Å²) in [6, 6.07) is 8.43. The van der Waals surface area contributed by atoms with Gasteiger partial charge in [-0.2, -0.15) is 0 Å². The molecule has 7 nitrogen and oxygen atoms in total. The van der Waals surface area contributed by atoms with Crippen LogP contribution in [0.1, 0.15) is 37.1 Å². The third-order valence-electron chi connectivity index (χ3n) is 6.39. The fourth-order valence-electron chi connectivity index (χ4n) is 4.70. The molecule has 0 amide bonds. The Morgan fingerprint density at radius 2 is 2.10 bits per heavy atom. The summed E-state index contributed by atoms with van der Waals surface area (Å²) in [4.78, 5) is 5.60. The molecule has 5 rings (SSSR count). The van der Waals surface area contributed by atoms with Crippen LogP contribution in [0, 0.1) is 5.92 Å². The molecule has 0 saturated carbocycles. The fraction of sp³-hybridized carbons (Fsp3) is 0.565. The highest BCUT2D eigenvalue weighted by Crippen LogP contribution is 2.25. The SMILES string of the molecule is CN(CC1CCCCO1)c1nnc(Cc2c[nH]c3ccccc23)n1CC1CCOC1. The number of para-hydroxylation sites is 1. The molecule has 0 aliphatic carbocycles. The second-order valence-electron chi connectivity index (χ2n) is 8.66. The molecule has 7 heteroatoms. The number of aromatic nitrogens is 4. The number of benzene rings is 1. The Kier molecular flexibility index (Phi) is 5.73. The first kappa shape index (κ1) is 19.6. The molecular weight excluding hydrogens is 378 g/mol. The van der Waals surface area contributed by atoms with Crippen LogP contribution in [0.5, 0.6) is 0 Å². The minimum Gasteiger partial charge on any atom is -0.381 e. The molecule has 0 spiro atoms. The summed E-state index contributed by atoms with van der Waals surface area (Å²) < 4.78 is 13.9. The monoisotopic (exact) mass is 409 g/mol. The van der Waals surface area contributed by atoms with Gasteiger partial charge in [-0.1, -0.05) is 18.2 Å². The molecule has 1 aromatic carbocycles. The molecule has 1 N–H and O–H groups in total. The molecule has 0 radical (unpaired) electrons. The zero-order valence-electron chi connectivity index (χ0n) is 17.7. The summed E-state index contributed by atoms with van der Waals surface area (Å²) >= 11 is 0. The highest BCUT2D eigenvalue weighted by atomic mass is 16.5. The van der Waals surface area contributed by atoms with Crippen LogP contribution in [0.2, 0.25) is 0 Å². The van der Waals surface area contributed by atoms with Crippen LogP contribution in [-0.2, 0) is 22.4 Å². The Morgan fingerprint density at radius 3 is 2.93 bits per heavy atom. The first-order valence-corrected chi connectivity index (χ1v) is 11.2. The molecule has 2 aromatic heterocycles. The fourth-order valence-corrected chi connectivity index (χ4v) is 4.70. The number of anilines is 1. The van der Waals surface area contributed by atoms with E-state index in [2.05, 4.69) is 62.2 Å². The van der Waals surface area contributed by atoms with E-state index in [1.54, 1.807) is 0 Å². The van der Waals surface area contributed by atoms with Crippen molar-refractivity contribution in [3.63, 3.8) is 0 Å². The third-order valence-corrected chi connectivity index (χ3v) is 6.39. The molecule has 2 saturated heterocycles. The molecule has 2 atom stereocenters. The zero-order chi connectivity index (χ0) is 20.3. The van der Waals surface area contributed by atoms with Crippen LogP contribution < -0.4 is 4.90 Å². The number of aromatic amines is 1. The maximum Gasteiger partial charge on any atom is 0.227 e. The van der Waals surface area contributed by atoms with Crippen LogP contribution in [0.25, 0.3) is 10.9 Å². The normalized spacial score (nSPS) is 22.0. The number of nitrogens with one attached hydrogen (secondary N) is 1. The van der Waals surface area contributed by atoms with E-state index in [9.17, 15) is 0 Å². The summed E-state index contributed by atoms with van der Waals surface area (Å²) in [5.41, 5.74) is 2.42. The molecule has 2 fully saturated rings. The predicted octanol–water partition coefficient (Wildman–Crippen LogP) is 3.39. The lowest BCUT2D eigenvalue weighted by Crippen LogP contribution is -2.35. The predicted molar refractivity (Wildman–Crippen MR) is 117 cm³/mol. The Bertz CT molecular complexity index is 969. The van der Waals surface area contributed by atoms with E-state index in [-0.39, 0.29) is 6.10 Å². The minimum absolute atomic E-state index is 0.279. The van der Waals surface area contributed by atoms with Crippen molar-refractivity contribution in [2.24, 2.45) is 5.92 Å². The van der Waals surface area contributed by atoms with E-state index in [0.717, 1.165) is 69.5 Å².